The van der Waals surface area contributed by atoms with Crippen LogP contribution in [0.5, 0.6) is 5.75 Å². The van der Waals surface area contributed by atoms with Crippen molar-refractivity contribution in [2.75, 3.05) is 69.6 Å². The number of pyridine rings is 1. The van der Waals surface area contributed by atoms with E-state index in [2.05, 4.69) is 44.2 Å². The van der Waals surface area contributed by atoms with Crippen molar-refractivity contribution in [3.8, 4) is 5.75 Å². The van der Waals surface area contributed by atoms with Gasteiger partial charge in [0.25, 0.3) is 0 Å². The summed E-state index contributed by atoms with van der Waals surface area (Å²) in [4.78, 5) is 43.1. The number of hydrogen-bond acceptors (Lipinski definition) is 11. The molecule has 0 unspecified atom stereocenters. The Morgan fingerprint density at radius 2 is 1.84 bits per heavy atom. The summed E-state index contributed by atoms with van der Waals surface area (Å²) in [5, 5.41) is 14.6. The minimum atomic E-state index is -0.605. The largest absolute Gasteiger partial charge is 0.486 e. The molecule has 2 N–H and O–H groups in total. The van der Waals surface area contributed by atoms with Gasteiger partial charge in [0.2, 0.25) is 5.91 Å². The molecule has 0 spiro atoms. The molecule has 1 aromatic carbocycles. The van der Waals surface area contributed by atoms with Crippen LogP contribution in [0.25, 0.3) is 0 Å². The topological polar surface area (TPSA) is 128 Å². The minimum Gasteiger partial charge on any atom is -0.486 e. The Bertz CT molecular complexity index is 1570. The summed E-state index contributed by atoms with van der Waals surface area (Å²) in [6, 6.07) is 10.1. The fraction of sp³-hybridized carbons (Fsp3) is 0.556. The number of fused-ring (bicyclic) bond motifs is 1. The molecule has 2 fully saturated rings. The lowest BCUT2D eigenvalue weighted by Gasteiger charge is -2.34. The number of Topliss-reactive ketones (excluding diaryl/α,β-unsaturated/α-hetero) is 1. The molecule has 3 aliphatic heterocycles. The van der Waals surface area contributed by atoms with E-state index < -0.39 is 6.10 Å². The number of piperazine rings is 1. The first kappa shape index (κ1) is 36.6. The summed E-state index contributed by atoms with van der Waals surface area (Å²) in [6.07, 6.45) is 4.04. The molecule has 0 radical (unpaired) electrons. The number of aromatic nitrogens is 2. The van der Waals surface area contributed by atoms with E-state index in [4.69, 9.17) is 14.1 Å². The second-order valence-corrected chi connectivity index (χ2v) is 13.5. The van der Waals surface area contributed by atoms with Crippen molar-refractivity contribution < 1.29 is 23.8 Å². The number of rotatable bonds is 12. The second kappa shape index (κ2) is 16.8. The maximum Gasteiger partial charge on any atom is 0.219 e. The molecule has 12 nitrogen and oxygen atoms in total. The highest BCUT2D eigenvalue weighted by Crippen LogP contribution is 2.26. The van der Waals surface area contributed by atoms with Gasteiger partial charge in [-0.15, -0.1) is 0 Å². The lowest BCUT2D eigenvalue weighted by atomic mass is 9.98. The Hall–Kier alpha value is -3.65. The number of likely N-dealkylation sites (tertiary alicyclic amines) is 1. The highest BCUT2D eigenvalue weighted by Gasteiger charge is 2.24. The van der Waals surface area contributed by atoms with E-state index >= 15 is 0 Å². The molecule has 0 bridgehead atoms. The van der Waals surface area contributed by atoms with Gasteiger partial charge < -0.3 is 34.3 Å². The van der Waals surface area contributed by atoms with Crippen molar-refractivity contribution in [3.05, 3.63) is 64.9 Å². The summed E-state index contributed by atoms with van der Waals surface area (Å²) in [7, 11) is 2.12. The van der Waals surface area contributed by atoms with Crippen LogP contribution >= 0.6 is 13.5 Å². The molecule has 0 aliphatic carbocycles. The number of amides is 1. The maximum atomic E-state index is 13.6. The maximum absolute atomic E-state index is 13.6. The van der Waals surface area contributed by atoms with Crippen LogP contribution in [0, 0.1) is 6.92 Å². The Kier molecular flexibility index (Phi) is 12.6. The lowest BCUT2D eigenvalue weighted by Crippen LogP contribution is -2.45. The van der Waals surface area contributed by atoms with Crippen LogP contribution in [0.3, 0.4) is 0 Å². The number of aryl methyl sites for hydroxylation is 1. The number of nitrogens with zero attached hydrogens (tertiary/aromatic N) is 6. The molecular weight excluding hydrogens is 643 g/mol. The van der Waals surface area contributed by atoms with Crippen molar-refractivity contribution in [2.24, 2.45) is 0 Å². The van der Waals surface area contributed by atoms with Gasteiger partial charge in [-0.3, -0.25) is 14.5 Å². The van der Waals surface area contributed by atoms with E-state index in [-0.39, 0.29) is 37.6 Å². The quantitative estimate of drug-likeness (QED) is 0.270. The number of oxazole rings is 1. The van der Waals surface area contributed by atoms with Gasteiger partial charge in [0.1, 0.15) is 24.0 Å². The average molecular weight is 694 g/mol. The summed E-state index contributed by atoms with van der Waals surface area (Å²) in [5.41, 5.74) is 3.94. The third-order valence-electron chi connectivity index (χ3n) is 9.91. The molecule has 1 atom stereocenters. The van der Waals surface area contributed by atoms with Gasteiger partial charge >= 0.3 is 0 Å². The van der Waals surface area contributed by atoms with Crippen molar-refractivity contribution in [3.63, 3.8) is 0 Å². The van der Waals surface area contributed by atoms with Gasteiger partial charge in [-0.05, 0) is 75.0 Å². The summed E-state index contributed by atoms with van der Waals surface area (Å²) < 4.78 is 11.3. The smallest absolute Gasteiger partial charge is 0.219 e. The monoisotopic (exact) mass is 693 g/mol. The van der Waals surface area contributed by atoms with Gasteiger partial charge in [0, 0.05) is 83.9 Å². The fourth-order valence-electron chi connectivity index (χ4n) is 6.77. The molecule has 1 amide bonds. The van der Waals surface area contributed by atoms with Gasteiger partial charge in [-0.2, -0.15) is 13.5 Å². The highest BCUT2D eigenvalue weighted by molar-refractivity contribution is 7.59. The predicted octanol–water partition coefficient (Wildman–Crippen LogP) is 3.63. The van der Waals surface area contributed by atoms with Crippen LogP contribution in [0.1, 0.15) is 65.5 Å². The van der Waals surface area contributed by atoms with Crippen LogP contribution in [0.2, 0.25) is 0 Å². The number of ketones is 1. The van der Waals surface area contributed by atoms with Crippen LogP contribution in [0.15, 0.2) is 41.1 Å². The third-order valence-corrected chi connectivity index (χ3v) is 9.91. The van der Waals surface area contributed by atoms with Gasteiger partial charge in [-0.25, -0.2) is 9.97 Å². The lowest BCUT2D eigenvalue weighted by molar-refractivity contribution is -0.129. The Morgan fingerprint density at radius 1 is 1.06 bits per heavy atom. The molecule has 5 heterocycles. The van der Waals surface area contributed by atoms with E-state index in [1.807, 2.05) is 30.0 Å². The molecule has 266 valence electrons. The van der Waals surface area contributed by atoms with E-state index in [1.54, 1.807) is 6.92 Å². The number of benzene rings is 1. The zero-order valence-corrected chi connectivity index (χ0v) is 30.0. The normalized spacial score (nSPS) is 18.0. The summed E-state index contributed by atoms with van der Waals surface area (Å²) in [5.74, 6) is 3.17. The van der Waals surface area contributed by atoms with Gasteiger partial charge in [0.15, 0.2) is 17.9 Å². The number of carbonyl (C=O) groups excluding carboxylic acids is 2. The van der Waals surface area contributed by atoms with Gasteiger partial charge in [-0.1, -0.05) is 6.07 Å². The first-order valence-electron chi connectivity index (χ1n) is 17.2. The van der Waals surface area contributed by atoms with E-state index in [1.165, 1.54) is 17.5 Å². The average Bonchev–Trinajstić information content (AvgIpc) is 3.50. The van der Waals surface area contributed by atoms with Crippen LogP contribution < -0.4 is 15.0 Å². The first-order chi connectivity index (χ1) is 23.2. The SMILES string of the molecule is CC(=O)N1CCC(Nc2cc(C(=O)CC[C@H](O)CN3CCc4cc(OCc5ocnc5C)ccc4C3)cc(N3CCN(C)CC3)n2)CC1.S. The number of hydrogen-bond donors (Lipinski definition) is 2. The summed E-state index contributed by atoms with van der Waals surface area (Å²) >= 11 is 0. The molecular formula is C36H51N7O5S. The number of aliphatic hydroxyl groups excluding tert-OH is 1. The van der Waals surface area contributed by atoms with Crippen molar-refractivity contribution in [2.45, 2.75) is 71.2 Å². The molecule has 3 aromatic rings. The number of β-amino-alcohol motifs (C(OH)–C–C–N with tert-alkyl or cyclic N) is 1. The molecule has 3 aliphatic rings. The number of aliphatic hydroxyl groups is 1. The Balaban J connectivity index is 0.00000468. The van der Waals surface area contributed by atoms with E-state index in [0.717, 1.165) is 94.6 Å². The zero-order valence-electron chi connectivity index (χ0n) is 29.0. The third kappa shape index (κ3) is 9.74. The fourth-order valence-corrected chi connectivity index (χ4v) is 6.77. The van der Waals surface area contributed by atoms with Crippen molar-refractivity contribution >= 4 is 36.8 Å². The predicted molar refractivity (Wildman–Crippen MR) is 194 cm³/mol. The van der Waals surface area contributed by atoms with Crippen LogP contribution in [0.4, 0.5) is 11.6 Å². The van der Waals surface area contributed by atoms with Crippen molar-refractivity contribution in [1.29, 1.82) is 0 Å². The van der Waals surface area contributed by atoms with Crippen molar-refractivity contribution in [1.82, 2.24) is 24.7 Å². The molecule has 0 saturated carbocycles. The molecule has 49 heavy (non-hydrogen) atoms. The molecule has 6 rings (SSSR count). The number of nitrogens with one attached hydrogen (secondary N) is 1. The first-order valence-corrected chi connectivity index (χ1v) is 17.2. The molecule has 13 heteroatoms. The molecule has 2 saturated heterocycles. The highest BCUT2D eigenvalue weighted by atomic mass is 32.1. The van der Waals surface area contributed by atoms with E-state index in [0.29, 0.717) is 31.0 Å². The van der Waals surface area contributed by atoms with Gasteiger partial charge in [0.05, 0.1) is 11.8 Å². The minimum absolute atomic E-state index is 0. The Morgan fingerprint density at radius 3 is 2.55 bits per heavy atom. The zero-order chi connectivity index (χ0) is 33.6. The molecule has 2 aromatic heterocycles. The number of carbonyl (C=O) groups is 2. The number of likely N-dealkylation sites (N-methyl/N-ethyl adjacent to an activating group) is 1. The van der Waals surface area contributed by atoms with E-state index in [9.17, 15) is 14.7 Å². The second-order valence-electron chi connectivity index (χ2n) is 13.5. The van der Waals surface area contributed by atoms with Crippen LogP contribution in [-0.2, 0) is 24.4 Å². The number of ether oxygens (including phenoxy) is 1. The van der Waals surface area contributed by atoms with Crippen LogP contribution in [-0.4, -0.2) is 113 Å². The number of anilines is 2. The summed E-state index contributed by atoms with van der Waals surface area (Å²) in [6.45, 7) is 11.0. The number of piperidine rings is 1. The standard InChI is InChI=1S/C36H49N7O5.H2S/c1-25-34(48-24-37-25)23-47-32-6-4-28-21-41(11-8-27(28)18-32)22-31(45)5-7-33(46)29-19-35(38-30-9-12-42(13-10-30)26(2)44)39-36(20-29)43-16-14-40(3)15-17-43;/h4,6,18-20,24,30-31,45H,5,7-17,21-23H2,1-3H3,(H,38,39);1H2/t31-;/m0./s1. The Labute approximate surface area is 296 Å².